The summed E-state index contributed by atoms with van der Waals surface area (Å²) in [5.41, 5.74) is 3.74. The van der Waals surface area contributed by atoms with E-state index in [1.54, 1.807) is 19.1 Å². The van der Waals surface area contributed by atoms with Crippen molar-refractivity contribution in [3.63, 3.8) is 0 Å². The number of Topliss-reactive ketones (excluding diaryl/α,β-unsaturated/α-hetero) is 1. The maximum absolute atomic E-state index is 12.8. The third-order valence-electron chi connectivity index (χ3n) is 5.16. The van der Waals surface area contributed by atoms with E-state index in [0.29, 0.717) is 23.6 Å². The molecule has 0 radical (unpaired) electrons. The Hall–Kier alpha value is -3.88. The molecule has 31 heavy (non-hydrogen) atoms. The largest absolute Gasteiger partial charge is 0.477 e. The van der Waals surface area contributed by atoms with E-state index in [0.717, 1.165) is 22.7 Å². The highest BCUT2D eigenvalue weighted by Gasteiger charge is 2.21. The summed E-state index contributed by atoms with van der Waals surface area (Å²) in [7, 11) is 0. The molecule has 0 N–H and O–H groups in total. The van der Waals surface area contributed by atoms with Crippen LogP contribution in [0.25, 0.3) is 0 Å². The molecule has 0 atom stereocenters. The molecule has 0 spiro atoms. The number of carbonyl (C=O) groups excluding carboxylic acids is 1. The van der Waals surface area contributed by atoms with Gasteiger partial charge in [0.15, 0.2) is 18.1 Å². The van der Waals surface area contributed by atoms with Gasteiger partial charge in [-0.3, -0.25) is 4.79 Å². The molecule has 1 aliphatic rings. The van der Waals surface area contributed by atoms with Crippen molar-refractivity contribution in [3.05, 3.63) is 74.7 Å². The first-order valence-corrected chi connectivity index (χ1v) is 9.67. The molecular formula is C22H21N3O6. The maximum Gasteiger partial charge on any atom is 0.406 e. The standard InChI is InChI=1S/C22H21N3O6/c1-13-4-6-20(22(23-13)25(27)28)29-11-18(26)17-8-14(2)24(15(17)3)10-16-5-7-19-21(9-16)31-12-30-19/h4-9H,10-12H2,1-3H3. The van der Waals surface area contributed by atoms with Gasteiger partial charge in [0.05, 0.1) is 0 Å². The Kier molecular flexibility index (Phi) is 5.33. The van der Waals surface area contributed by atoms with Gasteiger partial charge < -0.3 is 28.9 Å². The molecule has 0 aliphatic carbocycles. The van der Waals surface area contributed by atoms with Crippen LogP contribution in [0.4, 0.5) is 5.82 Å². The molecule has 4 rings (SSSR count). The molecule has 0 unspecified atom stereocenters. The fourth-order valence-electron chi connectivity index (χ4n) is 3.54. The lowest BCUT2D eigenvalue weighted by atomic mass is 10.1. The number of nitro groups is 1. The summed E-state index contributed by atoms with van der Waals surface area (Å²) in [5, 5.41) is 11.2. The van der Waals surface area contributed by atoms with Gasteiger partial charge in [-0.05, 0) is 59.7 Å². The summed E-state index contributed by atoms with van der Waals surface area (Å²) >= 11 is 0. The molecule has 0 amide bonds. The van der Waals surface area contributed by atoms with Gasteiger partial charge in [-0.25, -0.2) is 0 Å². The second kappa shape index (κ2) is 8.10. The van der Waals surface area contributed by atoms with Gasteiger partial charge in [-0.2, -0.15) is 0 Å². The highest BCUT2D eigenvalue weighted by molar-refractivity contribution is 5.98. The number of hydrogen-bond acceptors (Lipinski definition) is 7. The van der Waals surface area contributed by atoms with Crippen LogP contribution in [0.15, 0.2) is 36.4 Å². The highest BCUT2D eigenvalue weighted by Crippen LogP contribution is 2.33. The van der Waals surface area contributed by atoms with Crippen LogP contribution in [0.2, 0.25) is 0 Å². The number of aromatic nitrogens is 2. The van der Waals surface area contributed by atoms with Crippen LogP contribution in [0, 0.1) is 30.9 Å². The lowest BCUT2D eigenvalue weighted by Crippen LogP contribution is -2.14. The quantitative estimate of drug-likeness (QED) is 0.324. The third kappa shape index (κ3) is 4.07. The number of pyridine rings is 1. The van der Waals surface area contributed by atoms with E-state index in [1.165, 1.54) is 6.07 Å². The summed E-state index contributed by atoms with van der Waals surface area (Å²) in [6, 6.07) is 10.6. The van der Waals surface area contributed by atoms with Crippen LogP contribution < -0.4 is 14.2 Å². The van der Waals surface area contributed by atoms with Crippen molar-refractivity contribution in [3.8, 4) is 17.2 Å². The van der Waals surface area contributed by atoms with E-state index in [9.17, 15) is 14.9 Å². The van der Waals surface area contributed by atoms with E-state index in [-0.39, 0.29) is 24.9 Å². The van der Waals surface area contributed by atoms with Crippen molar-refractivity contribution >= 4 is 11.6 Å². The highest BCUT2D eigenvalue weighted by atomic mass is 16.7. The predicted molar refractivity (Wildman–Crippen MR) is 111 cm³/mol. The van der Waals surface area contributed by atoms with E-state index in [4.69, 9.17) is 14.2 Å². The summed E-state index contributed by atoms with van der Waals surface area (Å²) in [6.45, 7) is 5.90. The summed E-state index contributed by atoms with van der Waals surface area (Å²) in [5.74, 6) is 0.731. The minimum atomic E-state index is -0.621. The number of nitrogens with zero attached hydrogens (tertiary/aromatic N) is 3. The Bertz CT molecular complexity index is 1180. The molecule has 0 fully saturated rings. The third-order valence-corrected chi connectivity index (χ3v) is 5.16. The van der Waals surface area contributed by atoms with Gasteiger partial charge in [0, 0.05) is 30.4 Å². The number of rotatable bonds is 7. The summed E-state index contributed by atoms with van der Waals surface area (Å²) in [6.07, 6.45) is 0. The number of ether oxygens (including phenoxy) is 3. The second-order valence-corrected chi connectivity index (χ2v) is 7.30. The van der Waals surface area contributed by atoms with Gasteiger partial charge in [-0.1, -0.05) is 6.07 Å². The van der Waals surface area contributed by atoms with Gasteiger partial charge in [0.1, 0.15) is 5.69 Å². The first-order valence-electron chi connectivity index (χ1n) is 9.67. The van der Waals surface area contributed by atoms with Crippen LogP contribution >= 0.6 is 0 Å². The number of aryl methyl sites for hydroxylation is 2. The van der Waals surface area contributed by atoms with Crippen molar-refractivity contribution in [1.29, 1.82) is 0 Å². The topological polar surface area (TPSA) is 106 Å². The number of carbonyl (C=O) groups is 1. The normalized spacial score (nSPS) is 12.1. The Balaban J connectivity index is 1.51. The number of ketones is 1. The molecule has 9 nitrogen and oxygen atoms in total. The van der Waals surface area contributed by atoms with Crippen LogP contribution in [0.5, 0.6) is 17.2 Å². The first kappa shape index (κ1) is 20.4. The first-order chi connectivity index (χ1) is 14.8. The van der Waals surface area contributed by atoms with Crippen molar-refractivity contribution in [1.82, 2.24) is 9.55 Å². The monoisotopic (exact) mass is 423 g/mol. The SMILES string of the molecule is Cc1ccc(OCC(=O)c2cc(C)n(Cc3ccc4c(c3)OCO4)c2C)c([N+](=O)[O-])n1. The molecule has 0 saturated heterocycles. The molecule has 3 heterocycles. The van der Waals surface area contributed by atoms with E-state index in [2.05, 4.69) is 4.98 Å². The Morgan fingerprint density at radius 2 is 1.94 bits per heavy atom. The fourth-order valence-corrected chi connectivity index (χ4v) is 3.54. The molecule has 3 aromatic rings. The zero-order valence-corrected chi connectivity index (χ0v) is 17.4. The maximum atomic E-state index is 12.8. The molecule has 2 aromatic heterocycles. The van der Waals surface area contributed by atoms with Gasteiger partial charge in [-0.15, -0.1) is 0 Å². The Morgan fingerprint density at radius 1 is 1.16 bits per heavy atom. The van der Waals surface area contributed by atoms with Gasteiger partial charge in [0.25, 0.3) is 0 Å². The number of fused-ring (bicyclic) bond motifs is 1. The van der Waals surface area contributed by atoms with Crippen molar-refractivity contribution in [2.75, 3.05) is 13.4 Å². The smallest absolute Gasteiger partial charge is 0.406 e. The minimum Gasteiger partial charge on any atom is -0.477 e. The lowest BCUT2D eigenvalue weighted by Gasteiger charge is -2.11. The molecular weight excluding hydrogens is 402 g/mol. The fraction of sp³-hybridized carbons (Fsp3) is 0.273. The summed E-state index contributed by atoms with van der Waals surface area (Å²) in [4.78, 5) is 27.2. The van der Waals surface area contributed by atoms with Crippen LogP contribution in [0.3, 0.4) is 0 Å². The zero-order chi connectivity index (χ0) is 22.1. The molecule has 1 aliphatic heterocycles. The van der Waals surface area contributed by atoms with Crippen LogP contribution in [0.1, 0.15) is 33.0 Å². The number of benzene rings is 1. The van der Waals surface area contributed by atoms with Crippen LogP contribution in [-0.2, 0) is 6.54 Å². The Labute approximate surface area is 178 Å². The predicted octanol–water partition coefficient (Wildman–Crippen LogP) is 3.76. The van der Waals surface area contributed by atoms with E-state index >= 15 is 0 Å². The average Bonchev–Trinajstić information content (AvgIpc) is 3.32. The minimum absolute atomic E-state index is 0.0295. The lowest BCUT2D eigenvalue weighted by molar-refractivity contribution is -0.390. The zero-order valence-electron chi connectivity index (χ0n) is 17.4. The average molecular weight is 423 g/mol. The van der Waals surface area contributed by atoms with Crippen molar-refractivity contribution in [2.24, 2.45) is 0 Å². The summed E-state index contributed by atoms with van der Waals surface area (Å²) < 4.78 is 18.3. The van der Waals surface area contributed by atoms with E-state index < -0.39 is 10.7 Å². The molecule has 1 aromatic carbocycles. The van der Waals surface area contributed by atoms with Crippen LogP contribution in [-0.4, -0.2) is 33.7 Å². The van der Waals surface area contributed by atoms with Crippen molar-refractivity contribution < 1.29 is 23.9 Å². The van der Waals surface area contributed by atoms with Gasteiger partial charge >= 0.3 is 5.82 Å². The van der Waals surface area contributed by atoms with E-state index in [1.807, 2.05) is 36.6 Å². The van der Waals surface area contributed by atoms with Gasteiger partial charge in [0.2, 0.25) is 18.3 Å². The Morgan fingerprint density at radius 3 is 2.71 bits per heavy atom. The number of hydrogen-bond donors (Lipinski definition) is 0. The molecule has 160 valence electrons. The second-order valence-electron chi connectivity index (χ2n) is 7.30. The molecule has 9 heteroatoms. The van der Waals surface area contributed by atoms with Crippen molar-refractivity contribution in [2.45, 2.75) is 27.3 Å². The molecule has 0 bridgehead atoms. The molecule has 0 saturated carbocycles.